The zero-order valence-corrected chi connectivity index (χ0v) is 24.5. The van der Waals surface area contributed by atoms with Crippen LogP contribution in [0.5, 0.6) is 11.5 Å². The molecule has 42 heavy (non-hydrogen) atoms. The molecular weight excluding hydrogens is 616 g/mol. The molecule has 0 aliphatic carbocycles. The number of hydrogen-bond acceptors (Lipinski definition) is 5. The van der Waals surface area contributed by atoms with Gasteiger partial charge in [0.1, 0.15) is 35.2 Å². The summed E-state index contributed by atoms with van der Waals surface area (Å²) >= 11 is 2.98. The molecule has 218 valence electrons. The number of halogens is 5. The fraction of sp³-hybridized carbons (Fsp3) is 0.219. The highest BCUT2D eigenvalue weighted by molar-refractivity contribution is 9.10. The first-order valence-corrected chi connectivity index (χ1v) is 13.7. The fourth-order valence-corrected chi connectivity index (χ4v) is 5.42. The summed E-state index contributed by atoms with van der Waals surface area (Å²) in [5.74, 6) is -4.49. The molecule has 1 aliphatic heterocycles. The van der Waals surface area contributed by atoms with Gasteiger partial charge in [0, 0.05) is 11.6 Å². The first kappa shape index (κ1) is 29.4. The summed E-state index contributed by atoms with van der Waals surface area (Å²) < 4.78 is 76.6. The van der Waals surface area contributed by atoms with Crippen molar-refractivity contribution in [3.63, 3.8) is 0 Å². The predicted octanol–water partition coefficient (Wildman–Crippen LogP) is 7.56. The SMILES string of the molecule is COc1ccc(C(NC2=NCC(F)(F)[C@@](C)(c3cc(Br)c(F)cc3F)O2)(c2ccccc2)c2ccc(OC)cc2)cc1. The minimum absolute atomic E-state index is 0.174. The van der Waals surface area contributed by atoms with Crippen molar-refractivity contribution < 1.29 is 31.8 Å². The Morgan fingerprint density at radius 3 is 1.86 bits per heavy atom. The fourth-order valence-electron chi connectivity index (χ4n) is 5.07. The topological polar surface area (TPSA) is 52.1 Å². The number of nitrogens with one attached hydrogen (secondary N) is 1. The molecule has 5 nitrogen and oxygen atoms in total. The lowest BCUT2D eigenvalue weighted by molar-refractivity contribution is -0.175. The minimum atomic E-state index is -3.63. The van der Waals surface area contributed by atoms with Crippen LogP contribution in [-0.2, 0) is 15.9 Å². The number of nitrogens with zero attached hydrogens (tertiary/aromatic N) is 1. The molecule has 10 heteroatoms. The van der Waals surface area contributed by atoms with E-state index in [0.717, 1.165) is 18.6 Å². The van der Waals surface area contributed by atoms with Crippen LogP contribution in [0.25, 0.3) is 0 Å². The van der Waals surface area contributed by atoms with Crippen molar-refractivity contribution in [3.8, 4) is 11.5 Å². The number of amidine groups is 1. The van der Waals surface area contributed by atoms with E-state index < -0.39 is 40.8 Å². The highest BCUT2D eigenvalue weighted by Gasteiger charge is 2.58. The zero-order valence-electron chi connectivity index (χ0n) is 22.9. The third-order valence-corrected chi connectivity index (χ3v) is 8.10. The molecule has 0 saturated heterocycles. The number of aliphatic imine (C=N–C) groups is 1. The second-order valence-corrected chi connectivity index (χ2v) is 10.8. The molecule has 0 spiro atoms. The second-order valence-electron chi connectivity index (χ2n) is 9.91. The van der Waals surface area contributed by atoms with Gasteiger partial charge in [-0.3, -0.25) is 0 Å². The first-order chi connectivity index (χ1) is 20.0. The lowest BCUT2D eigenvalue weighted by Crippen LogP contribution is -2.58. The lowest BCUT2D eigenvalue weighted by Gasteiger charge is -2.44. The number of benzene rings is 4. The van der Waals surface area contributed by atoms with Crippen molar-refractivity contribution in [3.05, 3.63) is 129 Å². The Hall–Kier alpha value is -4.05. The monoisotopic (exact) mass is 642 g/mol. The predicted molar refractivity (Wildman–Crippen MR) is 155 cm³/mol. The van der Waals surface area contributed by atoms with Crippen molar-refractivity contribution in [1.82, 2.24) is 5.32 Å². The molecule has 1 atom stereocenters. The Morgan fingerprint density at radius 1 is 0.810 bits per heavy atom. The molecule has 0 aromatic heterocycles. The van der Waals surface area contributed by atoms with Gasteiger partial charge in [-0.1, -0.05) is 54.6 Å². The molecule has 0 unspecified atom stereocenters. The maximum absolute atomic E-state index is 15.5. The number of hydrogen-bond donors (Lipinski definition) is 1. The number of alkyl halides is 2. The standard InChI is InChI=1S/C32H27BrF4N2O3/c1-30(25-17-26(33)28(35)18-27(25)34)31(36,37)19-38-29(42-30)39-32(20-7-5-4-6-8-20,21-9-13-23(40-2)14-10-21)22-11-15-24(41-3)16-12-22/h4-18H,19H2,1-3H3,(H,38,39)/t30-/m1/s1. The quantitative estimate of drug-likeness (QED) is 0.128. The van der Waals surface area contributed by atoms with Crippen LogP contribution >= 0.6 is 15.9 Å². The van der Waals surface area contributed by atoms with Gasteiger partial charge in [0.15, 0.2) is 0 Å². The first-order valence-electron chi connectivity index (χ1n) is 12.9. The molecule has 5 rings (SSSR count). The van der Waals surface area contributed by atoms with Crippen molar-refractivity contribution in [2.45, 2.75) is 24.0 Å². The molecule has 0 saturated carbocycles. The maximum Gasteiger partial charge on any atom is 0.310 e. The van der Waals surface area contributed by atoms with Crippen molar-refractivity contribution in [2.75, 3.05) is 20.8 Å². The summed E-state index contributed by atoms with van der Waals surface area (Å²) in [6.45, 7) is 0.0629. The third kappa shape index (κ3) is 5.08. The molecule has 0 bridgehead atoms. The molecule has 1 N–H and O–H groups in total. The molecular formula is C32H27BrF4N2O3. The number of methoxy groups -OCH3 is 2. The molecule has 4 aromatic carbocycles. The summed E-state index contributed by atoms with van der Waals surface area (Å²) in [6, 6.07) is 25.1. The Bertz CT molecular complexity index is 1550. The normalized spacial score (nSPS) is 18.0. The van der Waals surface area contributed by atoms with E-state index in [-0.39, 0.29) is 10.5 Å². The Balaban J connectivity index is 1.70. The van der Waals surface area contributed by atoms with E-state index in [0.29, 0.717) is 28.7 Å². The van der Waals surface area contributed by atoms with E-state index in [4.69, 9.17) is 14.2 Å². The zero-order chi connectivity index (χ0) is 30.1. The minimum Gasteiger partial charge on any atom is -0.497 e. The highest BCUT2D eigenvalue weighted by atomic mass is 79.9. The molecule has 0 fully saturated rings. The van der Waals surface area contributed by atoms with Crippen LogP contribution in [0.3, 0.4) is 0 Å². The van der Waals surface area contributed by atoms with Gasteiger partial charge in [0.05, 0.1) is 18.7 Å². The summed E-state index contributed by atoms with van der Waals surface area (Å²) in [5.41, 5.74) is -2.12. The van der Waals surface area contributed by atoms with Crippen LogP contribution in [-0.4, -0.2) is 32.7 Å². The molecule has 4 aromatic rings. The van der Waals surface area contributed by atoms with E-state index in [9.17, 15) is 4.39 Å². The van der Waals surface area contributed by atoms with Crippen LogP contribution < -0.4 is 14.8 Å². The van der Waals surface area contributed by atoms with Crippen LogP contribution in [0.2, 0.25) is 0 Å². The highest BCUT2D eigenvalue weighted by Crippen LogP contribution is 2.46. The van der Waals surface area contributed by atoms with Gasteiger partial charge in [-0.15, -0.1) is 0 Å². The lowest BCUT2D eigenvalue weighted by atomic mass is 9.77. The van der Waals surface area contributed by atoms with E-state index >= 15 is 13.2 Å². The Morgan fingerprint density at radius 2 is 1.33 bits per heavy atom. The van der Waals surface area contributed by atoms with Gasteiger partial charge in [-0.25, -0.2) is 13.8 Å². The summed E-state index contributed by atoms with van der Waals surface area (Å²) in [6.07, 6.45) is 0. The van der Waals surface area contributed by atoms with E-state index in [1.54, 1.807) is 38.5 Å². The van der Waals surface area contributed by atoms with Gasteiger partial charge < -0.3 is 19.5 Å². The maximum atomic E-state index is 15.5. The molecule has 1 heterocycles. The molecule has 1 aliphatic rings. The summed E-state index contributed by atoms with van der Waals surface area (Å²) in [5, 5.41) is 3.31. The average Bonchev–Trinajstić information content (AvgIpc) is 3.00. The van der Waals surface area contributed by atoms with Gasteiger partial charge >= 0.3 is 5.92 Å². The largest absolute Gasteiger partial charge is 0.497 e. The van der Waals surface area contributed by atoms with Gasteiger partial charge in [0.25, 0.3) is 6.02 Å². The molecule has 0 amide bonds. The van der Waals surface area contributed by atoms with Crippen LogP contribution in [0.4, 0.5) is 17.6 Å². The third-order valence-electron chi connectivity index (χ3n) is 7.49. The van der Waals surface area contributed by atoms with E-state index in [1.807, 2.05) is 54.6 Å². The van der Waals surface area contributed by atoms with E-state index in [1.165, 1.54) is 0 Å². The van der Waals surface area contributed by atoms with Crippen molar-refractivity contribution in [2.24, 2.45) is 4.99 Å². The van der Waals surface area contributed by atoms with Gasteiger partial charge in [0.2, 0.25) is 5.60 Å². The Kier molecular flexibility index (Phi) is 7.94. The van der Waals surface area contributed by atoms with E-state index in [2.05, 4.69) is 26.2 Å². The average molecular weight is 643 g/mol. The van der Waals surface area contributed by atoms with Crippen molar-refractivity contribution >= 4 is 22.0 Å². The smallest absolute Gasteiger partial charge is 0.310 e. The second kappa shape index (κ2) is 11.3. The number of rotatable bonds is 7. The summed E-state index contributed by atoms with van der Waals surface area (Å²) in [7, 11) is 3.11. The molecule has 0 radical (unpaired) electrons. The van der Waals surface area contributed by atoms with Crippen LogP contribution in [0.1, 0.15) is 29.2 Å². The van der Waals surface area contributed by atoms with Crippen molar-refractivity contribution in [1.29, 1.82) is 0 Å². The van der Waals surface area contributed by atoms with Crippen LogP contribution in [0.15, 0.2) is 100 Å². The van der Waals surface area contributed by atoms with Gasteiger partial charge in [-0.05, 0) is 69.9 Å². The van der Waals surface area contributed by atoms with Crippen LogP contribution in [0, 0.1) is 11.6 Å². The summed E-state index contributed by atoms with van der Waals surface area (Å²) in [4.78, 5) is 4.08. The Labute approximate surface area is 249 Å². The van der Waals surface area contributed by atoms with Gasteiger partial charge in [-0.2, -0.15) is 8.78 Å². The number of ether oxygens (including phenoxy) is 3.